The van der Waals surface area contributed by atoms with Crippen LogP contribution in [0.25, 0.3) is 10.9 Å². The molecule has 0 spiro atoms. The maximum atomic E-state index is 12.4. The maximum absolute atomic E-state index is 12.4. The SMILES string of the molecule is CC1CC1C(=O)NCC(c1ccc(N(C)C)cc1)c1c[nH]c2ccccc12. The number of anilines is 1. The first-order chi connectivity index (χ1) is 13.0. The fourth-order valence-electron chi connectivity index (χ4n) is 3.82. The van der Waals surface area contributed by atoms with Gasteiger partial charge in [0.2, 0.25) is 5.91 Å². The van der Waals surface area contributed by atoms with Gasteiger partial charge in [-0.05, 0) is 41.7 Å². The number of H-pyrrole nitrogens is 1. The largest absolute Gasteiger partial charge is 0.378 e. The fourth-order valence-corrected chi connectivity index (χ4v) is 3.82. The highest BCUT2D eigenvalue weighted by Crippen LogP contribution is 2.38. The lowest BCUT2D eigenvalue weighted by Gasteiger charge is -2.20. The number of benzene rings is 2. The lowest BCUT2D eigenvalue weighted by atomic mass is 9.90. The van der Waals surface area contributed by atoms with E-state index in [1.807, 2.05) is 20.2 Å². The summed E-state index contributed by atoms with van der Waals surface area (Å²) in [5.41, 5.74) is 4.75. The van der Waals surface area contributed by atoms with Gasteiger partial charge in [-0.25, -0.2) is 0 Å². The minimum atomic E-state index is 0.121. The van der Waals surface area contributed by atoms with Crippen molar-refractivity contribution in [2.75, 3.05) is 25.5 Å². The summed E-state index contributed by atoms with van der Waals surface area (Å²) in [6, 6.07) is 17.0. The van der Waals surface area contributed by atoms with Gasteiger partial charge in [0.15, 0.2) is 0 Å². The molecule has 0 bridgehead atoms. The Morgan fingerprint density at radius 1 is 1.19 bits per heavy atom. The van der Waals surface area contributed by atoms with Crippen molar-refractivity contribution < 1.29 is 4.79 Å². The Labute approximate surface area is 160 Å². The standard InChI is InChI=1S/C23H27N3O/c1-15-12-19(15)23(27)25-13-20(16-8-10-17(11-9-16)26(2)3)21-14-24-22-7-5-4-6-18(21)22/h4-11,14-15,19-20,24H,12-13H2,1-3H3,(H,25,27). The van der Waals surface area contributed by atoms with E-state index in [1.165, 1.54) is 22.2 Å². The van der Waals surface area contributed by atoms with Gasteiger partial charge in [0.05, 0.1) is 0 Å². The second-order valence-electron chi connectivity index (χ2n) is 7.89. The van der Waals surface area contributed by atoms with Gasteiger partial charge in [-0.3, -0.25) is 4.79 Å². The number of carbonyl (C=O) groups is 1. The third-order valence-electron chi connectivity index (χ3n) is 5.74. The lowest BCUT2D eigenvalue weighted by Crippen LogP contribution is -2.30. The lowest BCUT2D eigenvalue weighted by molar-refractivity contribution is -0.122. The average Bonchev–Trinajstić information content (AvgIpc) is 3.26. The van der Waals surface area contributed by atoms with E-state index in [4.69, 9.17) is 0 Å². The highest BCUT2D eigenvalue weighted by Gasteiger charge is 2.39. The van der Waals surface area contributed by atoms with E-state index in [0.717, 1.165) is 11.9 Å². The first kappa shape index (κ1) is 17.7. The topological polar surface area (TPSA) is 48.1 Å². The number of rotatable bonds is 6. The van der Waals surface area contributed by atoms with Gasteiger partial charge in [0.25, 0.3) is 0 Å². The second-order valence-corrected chi connectivity index (χ2v) is 7.89. The van der Waals surface area contributed by atoms with Gasteiger partial charge < -0.3 is 15.2 Å². The van der Waals surface area contributed by atoms with Crippen molar-refractivity contribution >= 4 is 22.5 Å². The Morgan fingerprint density at radius 3 is 2.56 bits per heavy atom. The van der Waals surface area contributed by atoms with Crippen LogP contribution in [0, 0.1) is 11.8 Å². The molecule has 1 aromatic heterocycles. The fraction of sp³-hybridized carbons (Fsp3) is 0.348. The van der Waals surface area contributed by atoms with Crippen LogP contribution in [0.15, 0.2) is 54.7 Å². The highest BCUT2D eigenvalue weighted by molar-refractivity contribution is 5.85. The van der Waals surface area contributed by atoms with Crippen LogP contribution in [-0.2, 0) is 4.79 Å². The summed E-state index contributed by atoms with van der Waals surface area (Å²) < 4.78 is 0. The molecule has 140 valence electrons. The first-order valence-corrected chi connectivity index (χ1v) is 9.65. The number of nitrogens with one attached hydrogen (secondary N) is 2. The Balaban J connectivity index is 1.65. The molecular weight excluding hydrogens is 334 g/mol. The van der Waals surface area contributed by atoms with Gasteiger partial charge in [-0.2, -0.15) is 0 Å². The number of carbonyl (C=O) groups excluding carboxylic acids is 1. The third kappa shape index (κ3) is 3.57. The molecule has 1 amide bonds. The molecule has 4 rings (SSSR count). The van der Waals surface area contributed by atoms with Gasteiger partial charge >= 0.3 is 0 Å². The van der Waals surface area contributed by atoms with Crippen LogP contribution < -0.4 is 10.2 Å². The van der Waals surface area contributed by atoms with E-state index in [2.05, 4.69) is 70.8 Å². The number of nitrogens with zero attached hydrogens (tertiary/aromatic N) is 1. The predicted molar refractivity (Wildman–Crippen MR) is 111 cm³/mol. The quantitative estimate of drug-likeness (QED) is 0.693. The van der Waals surface area contributed by atoms with Crippen molar-refractivity contribution in [2.24, 2.45) is 11.8 Å². The number of fused-ring (bicyclic) bond motifs is 1. The van der Waals surface area contributed by atoms with Crippen molar-refractivity contribution in [1.82, 2.24) is 10.3 Å². The van der Waals surface area contributed by atoms with E-state index < -0.39 is 0 Å². The number of aromatic nitrogens is 1. The van der Waals surface area contributed by atoms with Crippen LogP contribution in [0.1, 0.15) is 30.4 Å². The van der Waals surface area contributed by atoms with Crippen molar-refractivity contribution in [3.63, 3.8) is 0 Å². The molecule has 1 heterocycles. The molecule has 3 atom stereocenters. The van der Waals surface area contributed by atoms with Crippen molar-refractivity contribution in [3.05, 3.63) is 65.9 Å². The molecule has 1 saturated carbocycles. The minimum absolute atomic E-state index is 0.121. The summed E-state index contributed by atoms with van der Waals surface area (Å²) in [4.78, 5) is 17.9. The number of amides is 1. The van der Waals surface area contributed by atoms with Gasteiger partial charge in [-0.15, -0.1) is 0 Å². The van der Waals surface area contributed by atoms with Crippen LogP contribution >= 0.6 is 0 Å². The smallest absolute Gasteiger partial charge is 0.223 e. The van der Waals surface area contributed by atoms with Crippen molar-refractivity contribution in [2.45, 2.75) is 19.3 Å². The summed E-state index contributed by atoms with van der Waals surface area (Å²) in [6.45, 7) is 2.76. The molecule has 1 aliphatic carbocycles. The van der Waals surface area contributed by atoms with E-state index in [9.17, 15) is 4.79 Å². The van der Waals surface area contributed by atoms with E-state index in [1.54, 1.807) is 0 Å². The van der Waals surface area contributed by atoms with Crippen molar-refractivity contribution in [3.8, 4) is 0 Å². The molecule has 1 aliphatic rings. The molecule has 0 aliphatic heterocycles. The molecule has 2 aromatic carbocycles. The zero-order chi connectivity index (χ0) is 19.0. The van der Waals surface area contributed by atoms with Crippen LogP contribution in [0.5, 0.6) is 0 Å². The van der Waals surface area contributed by atoms with Gasteiger partial charge in [-0.1, -0.05) is 37.3 Å². The Hall–Kier alpha value is -2.75. The van der Waals surface area contributed by atoms with Gasteiger partial charge in [0, 0.05) is 55.3 Å². The van der Waals surface area contributed by atoms with E-state index >= 15 is 0 Å². The van der Waals surface area contributed by atoms with Crippen LogP contribution in [0.4, 0.5) is 5.69 Å². The second kappa shape index (κ2) is 7.10. The normalized spacial score (nSPS) is 19.7. The average molecular weight is 361 g/mol. The zero-order valence-electron chi connectivity index (χ0n) is 16.2. The van der Waals surface area contributed by atoms with Gasteiger partial charge in [0.1, 0.15) is 0 Å². The van der Waals surface area contributed by atoms with Crippen LogP contribution in [0.2, 0.25) is 0 Å². The Kier molecular flexibility index (Phi) is 4.65. The maximum Gasteiger partial charge on any atom is 0.223 e. The predicted octanol–water partition coefficient (Wildman–Crippen LogP) is 4.14. The Bertz CT molecular complexity index is 942. The monoisotopic (exact) mass is 361 g/mol. The zero-order valence-corrected chi connectivity index (χ0v) is 16.2. The Morgan fingerprint density at radius 2 is 1.89 bits per heavy atom. The van der Waals surface area contributed by atoms with E-state index in [0.29, 0.717) is 12.5 Å². The minimum Gasteiger partial charge on any atom is -0.378 e. The number of hydrogen-bond acceptors (Lipinski definition) is 2. The molecule has 0 saturated heterocycles. The number of para-hydroxylation sites is 1. The summed E-state index contributed by atoms with van der Waals surface area (Å²) in [5.74, 6) is 1.04. The van der Waals surface area contributed by atoms with E-state index in [-0.39, 0.29) is 17.7 Å². The molecule has 0 radical (unpaired) electrons. The molecule has 3 aromatic rings. The van der Waals surface area contributed by atoms with Crippen LogP contribution in [-0.4, -0.2) is 31.5 Å². The number of aromatic amines is 1. The molecule has 4 heteroatoms. The molecule has 3 unspecified atom stereocenters. The first-order valence-electron chi connectivity index (χ1n) is 9.65. The van der Waals surface area contributed by atoms with Crippen LogP contribution in [0.3, 0.4) is 0 Å². The number of hydrogen-bond donors (Lipinski definition) is 2. The summed E-state index contributed by atoms with van der Waals surface area (Å²) in [5, 5.41) is 4.42. The summed E-state index contributed by atoms with van der Waals surface area (Å²) in [7, 11) is 4.09. The third-order valence-corrected chi connectivity index (χ3v) is 5.74. The highest BCUT2D eigenvalue weighted by atomic mass is 16.2. The summed E-state index contributed by atoms with van der Waals surface area (Å²) >= 11 is 0. The molecule has 4 nitrogen and oxygen atoms in total. The summed E-state index contributed by atoms with van der Waals surface area (Å²) in [6.07, 6.45) is 3.10. The molecule has 1 fully saturated rings. The molecular formula is C23H27N3O. The molecule has 2 N–H and O–H groups in total. The van der Waals surface area contributed by atoms with Crippen molar-refractivity contribution in [1.29, 1.82) is 0 Å². The molecule has 27 heavy (non-hydrogen) atoms.